The van der Waals surface area contributed by atoms with Gasteiger partial charge in [0, 0.05) is 30.2 Å². The molecular formula is C19H22ClN3O3. The first-order chi connectivity index (χ1) is 12.6. The molecule has 1 saturated heterocycles. The van der Waals surface area contributed by atoms with Crippen molar-refractivity contribution in [2.75, 3.05) is 31.0 Å². The maximum atomic E-state index is 12.2. The minimum absolute atomic E-state index is 0.00324. The maximum absolute atomic E-state index is 12.2. The maximum Gasteiger partial charge on any atom is 0.228 e. The van der Waals surface area contributed by atoms with E-state index >= 15 is 0 Å². The van der Waals surface area contributed by atoms with E-state index < -0.39 is 0 Å². The number of aryl methyl sites for hydroxylation is 1. The van der Waals surface area contributed by atoms with E-state index in [0.29, 0.717) is 29.8 Å². The Kier molecular flexibility index (Phi) is 5.96. The summed E-state index contributed by atoms with van der Waals surface area (Å²) in [5.41, 5.74) is 2.53. The molecule has 26 heavy (non-hydrogen) atoms. The van der Waals surface area contributed by atoms with Crippen LogP contribution in [0.25, 0.3) is 0 Å². The summed E-state index contributed by atoms with van der Waals surface area (Å²) in [5, 5.41) is 6.78. The molecule has 0 unspecified atom stereocenters. The van der Waals surface area contributed by atoms with Gasteiger partial charge >= 0.3 is 0 Å². The lowest BCUT2D eigenvalue weighted by Gasteiger charge is -2.21. The molecule has 1 aliphatic heterocycles. The lowest BCUT2D eigenvalue weighted by atomic mass is 9.99. The van der Waals surface area contributed by atoms with Crippen LogP contribution >= 0.6 is 11.6 Å². The largest absolute Gasteiger partial charge is 0.495 e. The van der Waals surface area contributed by atoms with Crippen molar-refractivity contribution in [3.63, 3.8) is 0 Å². The number of carbonyl (C=O) groups is 1. The van der Waals surface area contributed by atoms with E-state index in [0.717, 1.165) is 29.8 Å². The molecule has 0 spiro atoms. The summed E-state index contributed by atoms with van der Waals surface area (Å²) in [7, 11) is 1.60. The molecule has 0 bridgehead atoms. The summed E-state index contributed by atoms with van der Waals surface area (Å²) >= 11 is 6.13. The molecule has 7 heteroatoms. The fourth-order valence-electron chi connectivity index (χ4n) is 2.82. The van der Waals surface area contributed by atoms with Crippen molar-refractivity contribution >= 4 is 34.7 Å². The van der Waals surface area contributed by atoms with Crippen LogP contribution in [0, 0.1) is 12.8 Å². The van der Waals surface area contributed by atoms with Crippen LogP contribution in [-0.2, 0) is 9.53 Å². The van der Waals surface area contributed by atoms with Crippen molar-refractivity contribution in [1.29, 1.82) is 0 Å². The van der Waals surface area contributed by atoms with Crippen LogP contribution in [0.4, 0.5) is 17.2 Å². The highest BCUT2D eigenvalue weighted by atomic mass is 35.5. The molecular weight excluding hydrogens is 354 g/mol. The molecule has 6 nitrogen and oxygen atoms in total. The fourth-order valence-corrected chi connectivity index (χ4v) is 2.97. The summed E-state index contributed by atoms with van der Waals surface area (Å²) in [6, 6.07) is 7.32. The van der Waals surface area contributed by atoms with Crippen molar-refractivity contribution in [3.05, 3.63) is 41.0 Å². The molecule has 1 aromatic heterocycles. The Morgan fingerprint density at radius 1 is 1.31 bits per heavy atom. The van der Waals surface area contributed by atoms with Gasteiger partial charge in [-0.25, -0.2) is 4.98 Å². The van der Waals surface area contributed by atoms with E-state index in [4.69, 9.17) is 21.1 Å². The molecule has 138 valence electrons. The second-order valence-corrected chi connectivity index (χ2v) is 6.64. The third-order valence-electron chi connectivity index (χ3n) is 4.37. The summed E-state index contributed by atoms with van der Waals surface area (Å²) < 4.78 is 10.6. The van der Waals surface area contributed by atoms with E-state index in [1.54, 1.807) is 25.4 Å². The van der Waals surface area contributed by atoms with Crippen LogP contribution in [0.5, 0.6) is 5.75 Å². The number of amides is 1. The number of benzene rings is 1. The first kappa shape index (κ1) is 18.5. The molecule has 0 atom stereocenters. The average molecular weight is 376 g/mol. The van der Waals surface area contributed by atoms with Gasteiger partial charge in [-0.05, 0) is 43.5 Å². The molecule has 2 aromatic rings. The van der Waals surface area contributed by atoms with Crippen LogP contribution < -0.4 is 15.4 Å². The van der Waals surface area contributed by atoms with Gasteiger partial charge in [-0.2, -0.15) is 0 Å². The predicted molar refractivity (Wildman–Crippen MR) is 102 cm³/mol. The third kappa shape index (κ3) is 4.45. The second kappa shape index (κ2) is 8.38. The Morgan fingerprint density at radius 2 is 2.08 bits per heavy atom. The van der Waals surface area contributed by atoms with Gasteiger partial charge < -0.3 is 20.1 Å². The predicted octanol–water partition coefficient (Wildman–Crippen LogP) is 4.16. The number of nitrogens with one attached hydrogen (secondary N) is 2. The first-order valence-corrected chi connectivity index (χ1v) is 8.90. The number of carbonyl (C=O) groups excluding carboxylic acids is 1. The fraction of sp³-hybridized carbons (Fsp3) is 0.368. The van der Waals surface area contributed by atoms with E-state index in [1.807, 2.05) is 19.1 Å². The molecule has 3 rings (SSSR count). The van der Waals surface area contributed by atoms with Gasteiger partial charge in [0.15, 0.2) is 0 Å². The van der Waals surface area contributed by atoms with Crippen LogP contribution in [0.2, 0.25) is 5.02 Å². The van der Waals surface area contributed by atoms with Crippen molar-refractivity contribution in [3.8, 4) is 5.75 Å². The lowest BCUT2D eigenvalue weighted by molar-refractivity contribution is -0.122. The Hall–Kier alpha value is -2.31. The average Bonchev–Trinajstić information content (AvgIpc) is 2.66. The topological polar surface area (TPSA) is 72.5 Å². The number of halogens is 1. The van der Waals surface area contributed by atoms with Gasteiger partial charge in [0.2, 0.25) is 5.91 Å². The zero-order chi connectivity index (χ0) is 18.5. The normalized spacial score (nSPS) is 14.7. The van der Waals surface area contributed by atoms with E-state index in [9.17, 15) is 4.79 Å². The second-order valence-electron chi connectivity index (χ2n) is 6.23. The summed E-state index contributed by atoms with van der Waals surface area (Å²) in [5.74, 6) is 1.17. The first-order valence-electron chi connectivity index (χ1n) is 8.52. The number of nitrogens with zero attached hydrogens (tertiary/aromatic N) is 1. The van der Waals surface area contributed by atoms with Gasteiger partial charge in [-0.15, -0.1) is 0 Å². The lowest BCUT2D eigenvalue weighted by Crippen LogP contribution is -2.28. The quantitative estimate of drug-likeness (QED) is 0.820. The number of anilines is 3. The standard InChI is InChI=1S/C19H22ClN3O3/c1-12-9-16(17(25-2)10-15(12)20)22-14-3-4-18(21-11-14)23-19(24)13-5-7-26-8-6-13/h3-4,9-11,13,22H,5-8H2,1-2H3,(H,21,23,24). The smallest absolute Gasteiger partial charge is 0.228 e. The van der Waals surface area contributed by atoms with Gasteiger partial charge in [-0.3, -0.25) is 4.79 Å². The zero-order valence-electron chi connectivity index (χ0n) is 14.8. The monoisotopic (exact) mass is 375 g/mol. The molecule has 1 fully saturated rings. The number of hydrogen-bond donors (Lipinski definition) is 2. The third-order valence-corrected chi connectivity index (χ3v) is 4.77. The molecule has 1 aliphatic rings. The number of hydrogen-bond acceptors (Lipinski definition) is 5. The van der Waals surface area contributed by atoms with Crippen LogP contribution in [-0.4, -0.2) is 31.2 Å². The SMILES string of the molecule is COc1cc(Cl)c(C)cc1Nc1ccc(NC(=O)C2CCOCC2)nc1. The van der Waals surface area contributed by atoms with E-state index in [2.05, 4.69) is 15.6 Å². The van der Waals surface area contributed by atoms with Crippen LogP contribution in [0.1, 0.15) is 18.4 Å². The Balaban J connectivity index is 1.66. The van der Waals surface area contributed by atoms with Crippen molar-refractivity contribution in [2.45, 2.75) is 19.8 Å². The highest BCUT2D eigenvalue weighted by molar-refractivity contribution is 6.31. The Morgan fingerprint density at radius 3 is 2.73 bits per heavy atom. The van der Waals surface area contributed by atoms with E-state index in [-0.39, 0.29) is 11.8 Å². The molecule has 0 radical (unpaired) electrons. The van der Waals surface area contributed by atoms with Crippen molar-refractivity contribution in [2.24, 2.45) is 5.92 Å². The molecule has 1 aromatic carbocycles. The van der Waals surface area contributed by atoms with Crippen LogP contribution in [0.15, 0.2) is 30.5 Å². The number of methoxy groups -OCH3 is 1. The molecule has 2 heterocycles. The molecule has 0 saturated carbocycles. The Labute approximate surface area is 157 Å². The highest BCUT2D eigenvalue weighted by Gasteiger charge is 2.21. The van der Waals surface area contributed by atoms with Crippen molar-refractivity contribution < 1.29 is 14.3 Å². The van der Waals surface area contributed by atoms with Crippen LogP contribution in [0.3, 0.4) is 0 Å². The number of aromatic nitrogens is 1. The van der Waals surface area contributed by atoms with Crippen molar-refractivity contribution in [1.82, 2.24) is 4.98 Å². The summed E-state index contributed by atoms with van der Waals surface area (Å²) in [4.78, 5) is 16.6. The molecule has 0 aliphatic carbocycles. The number of pyridine rings is 1. The molecule has 1 amide bonds. The summed E-state index contributed by atoms with van der Waals surface area (Å²) in [6.07, 6.45) is 3.17. The zero-order valence-corrected chi connectivity index (χ0v) is 15.6. The number of ether oxygens (including phenoxy) is 2. The minimum atomic E-state index is -0.00958. The minimum Gasteiger partial charge on any atom is -0.495 e. The van der Waals surface area contributed by atoms with E-state index in [1.165, 1.54) is 0 Å². The van der Waals surface area contributed by atoms with Gasteiger partial charge in [0.1, 0.15) is 11.6 Å². The Bertz CT molecular complexity index is 774. The summed E-state index contributed by atoms with van der Waals surface area (Å²) in [6.45, 7) is 3.20. The number of rotatable bonds is 5. The highest BCUT2D eigenvalue weighted by Crippen LogP contribution is 2.33. The molecule has 2 N–H and O–H groups in total. The van der Waals surface area contributed by atoms with Gasteiger partial charge in [0.25, 0.3) is 0 Å². The van der Waals surface area contributed by atoms with Gasteiger partial charge in [-0.1, -0.05) is 11.6 Å². The van der Waals surface area contributed by atoms with Gasteiger partial charge in [0.05, 0.1) is 24.7 Å².